The summed E-state index contributed by atoms with van der Waals surface area (Å²) in [6, 6.07) is 1.59. The van der Waals surface area contributed by atoms with Crippen molar-refractivity contribution < 1.29 is 19.4 Å². The second kappa shape index (κ2) is 5.58. The molecule has 0 fully saturated rings. The highest BCUT2D eigenvalue weighted by Crippen LogP contribution is 2.34. The second-order valence-corrected chi connectivity index (χ2v) is 6.84. The van der Waals surface area contributed by atoms with Crippen LogP contribution in [-0.4, -0.2) is 39.9 Å². The maximum Gasteiger partial charge on any atom is 0.338 e. The molecule has 7 nitrogen and oxygen atoms in total. The number of carboxylic acid groups (broad SMARTS) is 1. The summed E-state index contributed by atoms with van der Waals surface area (Å²) in [7, 11) is 0. The number of rotatable bonds is 3. The number of hydrogen-bond acceptors (Lipinski definition) is 5. The Morgan fingerprint density at radius 2 is 2.21 bits per heavy atom. The molecule has 2 atom stereocenters. The molecule has 0 bridgehead atoms. The van der Waals surface area contributed by atoms with Gasteiger partial charge in [0.2, 0.25) is 5.88 Å². The normalized spacial score (nSPS) is 25.8. The van der Waals surface area contributed by atoms with Gasteiger partial charge in [0.15, 0.2) is 5.84 Å². The van der Waals surface area contributed by atoms with Crippen molar-refractivity contribution in [2.45, 2.75) is 45.6 Å². The van der Waals surface area contributed by atoms with E-state index < -0.39 is 11.5 Å². The Morgan fingerprint density at radius 3 is 2.79 bits per heavy atom. The van der Waals surface area contributed by atoms with E-state index in [-0.39, 0.29) is 34.8 Å². The molecule has 2 aliphatic heterocycles. The van der Waals surface area contributed by atoms with E-state index in [2.05, 4.69) is 15.3 Å². The fourth-order valence-electron chi connectivity index (χ4n) is 2.86. The molecular weight excluding hydrogens is 310 g/mol. The number of hydrogen-bond donors (Lipinski definition) is 2. The van der Waals surface area contributed by atoms with Crippen molar-refractivity contribution in [2.24, 2.45) is 10.9 Å². The number of amides is 1. The molecule has 2 unspecified atom stereocenters. The van der Waals surface area contributed by atoms with Crippen LogP contribution >= 0.6 is 0 Å². The lowest BCUT2D eigenvalue weighted by molar-refractivity contribution is -0.124. The van der Waals surface area contributed by atoms with Gasteiger partial charge < -0.3 is 15.2 Å². The summed E-state index contributed by atoms with van der Waals surface area (Å²) in [5.41, 5.74) is 0.0155. The van der Waals surface area contributed by atoms with Crippen LogP contribution in [0, 0.1) is 5.92 Å². The summed E-state index contributed by atoms with van der Waals surface area (Å²) in [6.45, 7) is 8.08. The number of nitrogens with zero attached hydrogens (tertiary/aromatic N) is 2. The maximum absolute atomic E-state index is 12.3. The number of carbonyl (C=O) groups excluding carboxylic acids is 1. The molecule has 0 saturated carbocycles. The molecule has 128 valence electrons. The highest BCUT2D eigenvalue weighted by Gasteiger charge is 2.43. The predicted molar refractivity (Wildman–Crippen MR) is 87.6 cm³/mol. The second-order valence-electron chi connectivity index (χ2n) is 6.84. The van der Waals surface area contributed by atoms with Crippen molar-refractivity contribution in [3.05, 3.63) is 22.9 Å². The number of ether oxygens (including phenoxy) is 1. The van der Waals surface area contributed by atoms with Crippen molar-refractivity contribution in [3.63, 3.8) is 0 Å². The summed E-state index contributed by atoms with van der Waals surface area (Å²) in [5, 5.41) is 12.3. The van der Waals surface area contributed by atoms with Crippen LogP contribution in [0.15, 0.2) is 11.1 Å². The summed E-state index contributed by atoms with van der Waals surface area (Å²) >= 11 is 0. The largest absolute Gasteiger partial charge is 0.478 e. The van der Waals surface area contributed by atoms with E-state index in [1.54, 1.807) is 13.0 Å². The minimum Gasteiger partial charge on any atom is -0.478 e. The quantitative estimate of drug-likeness (QED) is 0.881. The van der Waals surface area contributed by atoms with Gasteiger partial charge >= 0.3 is 5.97 Å². The number of aromatic carboxylic acids is 1. The summed E-state index contributed by atoms with van der Waals surface area (Å²) in [5.74, 6) is -0.598. The highest BCUT2D eigenvalue weighted by atomic mass is 16.5. The minimum absolute atomic E-state index is 0.0261. The van der Waals surface area contributed by atoms with Crippen LogP contribution < -0.4 is 10.1 Å². The molecule has 2 aliphatic rings. The van der Waals surface area contributed by atoms with Crippen molar-refractivity contribution in [1.82, 2.24) is 10.3 Å². The SMILES string of the molecule is CC1CCOc2nc(C3=NC(C)(C(C)C)C(=O)N3)c(C(=O)O)cc21. The number of fused-ring (bicyclic) bond motifs is 1. The van der Waals surface area contributed by atoms with E-state index in [0.29, 0.717) is 12.5 Å². The van der Waals surface area contributed by atoms with Crippen LogP contribution in [0.3, 0.4) is 0 Å². The van der Waals surface area contributed by atoms with Crippen molar-refractivity contribution >= 4 is 17.7 Å². The Balaban J connectivity index is 2.15. The van der Waals surface area contributed by atoms with Crippen LogP contribution in [-0.2, 0) is 4.79 Å². The molecule has 0 aliphatic carbocycles. The van der Waals surface area contributed by atoms with Gasteiger partial charge in [-0.15, -0.1) is 0 Å². The topological polar surface area (TPSA) is 101 Å². The van der Waals surface area contributed by atoms with Gasteiger partial charge in [-0.3, -0.25) is 4.79 Å². The highest BCUT2D eigenvalue weighted by molar-refractivity contribution is 6.17. The fraction of sp³-hybridized carbons (Fsp3) is 0.529. The molecule has 3 rings (SSSR count). The molecule has 0 aromatic carbocycles. The van der Waals surface area contributed by atoms with Gasteiger partial charge in [-0.05, 0) is 31.2 Å². The average molecular weight is 331 g/mol. The Labute approximate surface area is 140 Å². The maximum atomic E-state index is 12.3. The van der Waals surface area contributed by atoms with Crippen molar-refractivity contribution in [2.75, 3.05) is 6.61 Å². The monoisotopic (exact) mass is 331 g/mol. The first-order valence-corrected chi connectivity index (χ1v) is 8.06. The van der Waals surface area contributed by atoms with Crippen LogP contribution in [0.5, 0.6) is 5.88 Å². The third-order valence-electron chi connectivity index (χ3n) is 4.95. The number of aliphatic imine (C=N–C) groups is 1. The minimum atomic E-state index is -1.10. The number of pyridine rings is 1. The van der Waals surface area contributed by atoms with Gasteiger partial charge in [0, 0.05) is 5.56 Å². The first kappa shape index (κ1) is 16.4. The predicted octanol–water partition coefficient (Wildman–Crippen LogP) is 1.96. The van der Waals surface area contributed by atoms with Gasteiger partial charge in [0.25, 0.3) is 5.91 Å². The lowest BCUT2D eigenvalue weighted by atomic mass is 9.89. The summed E-state index contributed by atoms with van der Waals surface area (Å²) in [4.78, 5) is 32.8. The molecule has 2 N–H and O–H groups in total. The van der Waals surface area contributed by atoms with Crippen LogP contribution in [0.25, 0.3) is 0 Å². The van der Waals surface area contributed by atoms with Gasteiger partial charge in [-0.2, -0.15) is 0 Å². The van der Waals surface area contributed by atoms with E-state index in [1.807, 2.05) is 20.8 Å². The molecule has 1 aromatic heterocycles. The lowest BCUT2D eigenvalue weighted by Gasteiger charge is -2.23. The number of carboxylic acids is 1. The third-order valence-corrected chi connectivity index (χ3v) is 4.95. The molecular formula is C17H21N3O4. The molecule has 1 aromatic rings. The number of aromatic nitrogens is 1. The van der Waals surface area contributed by atoms with Crippen molar-refractivity contribution in [1.29, 1.82) is 0 Å². The van der Waals surface area contributed by atoms with Gasteiger partial charge in [0.1, 0.15) is 11.2 Å². The zero-order valence-electron chi connectivity index (χ0n) is 14.2. The van der Waals surface area contributed by atoms with Gasteiger partial charge in [0.05, 0.1) is 12.2 Å². The van der Waals surface area contributed by atoms with Crippen LogP contribution in [0.2, 0.25) is 0 Å². The Morgan fingerprint density at radius 1 is 1.50 bits per heavy atom. The van der Waals surface area contributed by atoms with Crippen LogP contribution in [0.1, 0.15) is 61.6 Å². The Kier molecular flexibility index (Phi) is 3.81. The van der Waals surface area contributed by atoms with E-state index in [0.717, 1.165) is 12.0 Å². The van der Waals surface area contributed by atoms with E-state index in [4.69, 9.17) is 4.74 Å². The summed E-state index contributed by atoms with van der Waals surface area (Å²) < 4.78 is 5.58. The van der Waals surface area contributed by atoms with E-state index in [1.165, 1.54) is 0 Å². The molecule has 3 heterocycles. The molecule has 1 amide bonds. The molecule has 0 spiro atoms. The molecule has 0 radical (unpaired) electrons. The smallest absolute Gasteiger partial charge is 0.338 e. The van der Waals surface area contributed by atoms with Gasteiger partial charge in [-0.25, -0.2) is 14.8 Å². The Hall–Kier alpha value is -2.44. The van der Waals surface area contributed by atoms with Gasteiger partial charge in [-0.1, -0.05) is 20.8 Å². The third kappa shape index (κ3) is 2.44. The number of amidine groups is 1. The van der Waals surface area contributed by atoms with E-state index >= 15 is 0 Å². The number of nitrogens with one attached hydrogen (secondary N) is 1. The zero-order valence-corrected chi connectivity index (χ0v) is 14.2. The summed E-state index contributed by atoms with van der Waals surface area (Å²) in [6.07, 6.45) is 0.816. The average Bonchev–Trinajstić information content (AvgIpc) is 2.83. The fourth-order valence-corrected chi connectivity index (χ4v) is 2.86. The first-order valence-electron chi connectivity index (χ1n) is 8.06. The number of carbonyl (C=O) groups is 2. The van der Waals surface area contributed by atoms with Crippen LogP contribution in [0.4, 0.5) is 0 Å². The molecule has 0 saturated heterocycles. The Bertz CT molecular complexity index is 756. The lowest BCUT2D eigenvalue weighted by Crippen LogP contribution is -2.41. The van der Waals surface area contributed by atoms with Crippen molar-refractivity contribution in [3.8, 4) is 5.88 Å². The molecule has 7 heteroatoms. The van der Waals surface area contributed by atoms with E-state index in [9.17, 15) is 14.7 Å². The standard InChI is InChI=1S/C17H21N3O4/c1-8(2)17(4)16(23)19-13(20-17)12-11(15(21)22)7-10-9(3)5-6-24-14(10)18-12/h7-9H,5-6H2,1-4H3,(H,21,22)(H,19,20,23). The zero-order chi connectivity index (χ0) is 17.6. The molecule has 24 heavy (non-hydrogen) atoms. The first-order chi connectivity index (χ1) is 11.2.